The Morgan fingerprint density at radius 2 is 2.23 bits per heavy atom. The minimum absolute atomic E-state index is 0.0955. The van der Waals surface area contributed by atoms with Crippen molar-refractivity contribution in [2.45, 2.75) is 25.0 Å². The first-order chi connectivity index (χ1) is 12.6. The van der Waals surface area contributed by atoms with Gasteiger partial charge in [-0.25, -0.2) is 4.98 Å². The average Bonchev–Trinajstić information content (AvgIpc) is 3.13. The summed E-state index contributed by atoms with van der Waals surface area (Å²) in [7, 11) is 0. The molecule has 3 rings (SSSR count). The number of carbonyl (C=O) groups excluding carboxylic acids is 1. The lowest BCUT2D eigenvalue weighted by atomic mass is 10.2. The Morgan fingerprint density at radius 3 is 2.96 bits per heavy atom. The molecule has 2 heterocycles. The zero-order chi connectivity index (χ0) is 18.5. The van der Waals surface area contributed by atoms with Crippen molar-refractivity contribution in [1.82, 2.24) is 14.9 Å². The second kappa shape index (κ2) is 8.42. The van der Waals surface area contributed by atoms with Crippen molar-refractivity contribution >= 4 is 40.2 Å². The number of thioether (sulfide) groups is 1. The Morgan fingerprint density at radius 1 is 1.38 bits per heavy atom. The Balaban J connectivity index is 1.97. The molecule has 0 fully saturated rings. The number of amides is 1. The number of fused-ring (bicyclic) bond motifs is 1. The summed E-state index contributed by atoms with van der Waals surface area (Å²) >= 11 is 7.25. The molecule has 0 radical (unpaired) electrons. The first-order valence-electron chi connectivity index (χ1n) is 8.20. The molecule has 2 aromatic heterocycles. The average molecular weight is 392 g/mol. The van der Waals surface area contributed by atoms with Gasteiger partial charge in [-0.3, -0.25) is 14.2 Å². The van der Waals surface area contributed by atoms with Gasteiger partial charge in [-0.2, -0.15) is 0 Å². The van der Waals surface area contributed by atoms with E-state index in [-0.39, 0.29) is 23.8 Å². The number of furan rings is 1. The molecule has 0 bridgehead atoms. The number of hydrogen-bond donors (Lipinski definition) is 1. The fourth-order valence-electron chi connectivity index (χ4n) is 2.43. The van der Waals surface area contributed by atoms with E-state index in [1.165, 1.54) is 16.3 Å². The normalized spacial score (nSPS) is 11.0. The molecule has 0 unspecified atom stereocenters. The van der Waals surface area contributed by atoms with Gasteiger partial charge >= 0.3 is 0 Å². The Kier molecular flexibility index (Phi) is 6.00. The lowest BCUT2D eigenvalue weighted by molar-refractivity contribution is -0.118. The molecule has 0 saturated heterocycles. The summed E-state index contributed by atoms with van der Waals surface area (Å²) in [6, 6.07) is 8.53. The van der Waals surface area contributed by atoms with Gasteiger partial charge in [0.05, 0.1) is 29.5 Å². The summed E-state index contributed by atoms with van der Waals surface area (Å²) in [6.45, 7) is 2.86. The highest BCUT2D eigenvalue weighted by Gasteiger charge is 2.15. The fraction of sp³-hybridized carbons (Fsp3) is 0.278. The third kappa shape index (κ3) is 4.28. The first kappa shape index (κ1) is 18.5. The molecule has 6 nitrogen and oxygen atoms in total. The number of rotatable bonds is 7. The van der Waals surface area contributed by atoms with E-state index in [0.717, 1.165) is 6.42 Å². The van der Waals surface area contributed by atoms with Crippen molar-refractivity contribution < 1.29 is 9.21 Å². The Bertz CT molecular complexity index is 970. The van der Waals surface area contributed by atoms with Crippen LogP contribution in [-0.4, -0.2) is 27.8 Å². The molecule has 1 N–H and O–H groups in total. The summed E-state index contributed by atoms with van der Waals surface area (Å²) in [5.41, 5.74) is 0.314. The van der Waals surface area contributed by atoms with Crippen molar-refractivity contribution in [3.8, 4) is 0 Å². The standard InChI is InChI=1S/C18H18ClN3O3S/c1-2-7-20-16(23)11-26-18-21-15-9-12(19)5-6-14(15)17(24)22(18)10-13-4-3-8-25-13/h3-6,8-9H,2,7,10-11H2,1H3,(H,20,23). The van der Waals surface area contributed by atoms with Gasteiger partial charge in [0.15, 0.2) is 5.16 Å². The molecule has 8 heteroatoms. The maximum absolute atomic E-state index is 12.9. The largest absolute Gasteiger partial charge is 0.467 e. The summed E-state index contributed by atoms with van der Waals surface area (Å²) in [5, 5.41) is 4.24. The van der Waals surface area contributed by atoms with E-state index >= 15 is 0 Å². The lowest BCUT2D eigenvalue weighted by Crippen LogP contribution is -2.27. The molecule has 136 valence electrons. The van der Waals surface area contributed by atoms with Crippen molar-refractivity contribution in [1.29, 1.82) is 0 Å². The van der Waals surface area contributed by atoms with Crippen LogP contribution in [0.15, 0.2) is 51.0 Å². The number of carbonyl (C=O) groups is 1. The summed E-state index contributed by atoms with van der Waals surface area (Å²) in [5.74, 6) is 0.720. The SMILES string of the molecule is CCCNC(=O)CSc1nc2cc(Cl)ccc2c(=O)n1Cc1ccco1. The number of nitrogens with one attached hydrogen (secondary N) is 1. The van der Waals surface area contributed by atoms with Crippen molar-refractivity contribution in [3.05, 3.63) is 57.7 Å². The first-order valence-corrected chi connectivity index (χ1v) is 9.57. The molecule has 0 aliphatic heterocycles. The smallest absolute Gasteiger partial charge is 0.262 e. The van der Waals surface area contributed by atoms with E-state index in [9.17, 15) is 9.59 Å². The molecule has 0 atom stereocenters. The zero-order valence-corrected chi connectivity index (χ0v) is 15.8. The summed E-state index contributed by atoms with van der Waals surface area (Å²) < 4.78 is 6.88. The van der Waals surface area contributed by atoms with Crippen molar-refractivity contribution in [2.24, 2.45) is 0 Å². The van der Waals surface area contributed by atoms with Gasteiger partial charge in [0.25, 0.3) is 5.56 Å². The molecule has 1 aromatic carbocycles. The highest BCUT2D eigenvalue weighted by atomic mass is 35.5. The number of nitrogens with zero attached hydrogens (tertiary/aromatic N) is 2. The number of aromatic nitrogens is 2. The second-order valence-corrected chi connectivity index (χ2v) is 7.04. The molecule has 1 amide bonds. The van der Waals surface area contributed by atoms with Crippen LogP contribution in [-0.2, 0) is 11.3 Å². The molecular weight excluding hydrogens is 374 g/mol. The zero-order valence-electron chi connectivity index (χ0n) is 14.2. The van der Waals surface area contributed by atoms with Crippen LogP contribution in [0.3, 0.4) is 0 Å². The summed E-state index contributed by atoms with van der Waals surface area (Å²) in [4.78, 5) is 29.4. The molecule has 0 aliphatic carbocycles. The van der Waals surface area contributed by atoms with Gasteiger partial charge in [0, 0.05) is 11.6 Å². The van der Waals surface area contributed by atoms with Gasteiger partial charge in [-0.15, -0.1) is 0 Å². The molecule has 0 saturated carbocycles. The van der Waals surface area contributed by atoms with Gasteiger partial charge in [-0.1, -0.05) is 30.3 Å². The third-order valence-corrected chi connectivity index (χ3v) is 4.89. The van der Waals surface area contributed by atoms with E-state index < -0.39 is 0 Å². The van der Waals surface area contributed by atoms with Crippen LogP contribution in [0.1, 0.15) is 19.1 Å². The quantitative estimate of drug-likeness (QED) is 0.494. The highest BCUT2D eigenvalue weighted by molar-refractivity contribution is 7.99. The van der Waals surface area contributed by atoms with Crippen LogP contribution in [0.5, 0.6) is 0 Å². The molecule has 0 spiro atoms. The number of halogens is 1. The molecule has 0 aliphatic rings. The molecule has 26 heavy (non-hydrogen) atoms. The van der Waals surface area contributed by atoms with E-state index in [1.54, 1.807) is 36.6 Å². The Hall–Kier alpha value is -2.25. The van der Waals surface area contributed by atoms with Crippen molar-refractivity contribution in [2.75, 3.05) is 12.3 Å². The number of hydrogen-bond acceptors (Lipinski definition) is 5. The van der Waals surface area contributed by atoms with Crippen LogP contribution in [0.25, 0.3) is 10.9 Å². The summed E-state index contributed by atoms with van der Waals surface area (Å²) in [6.07, 6.45) is 2.42. The topological polar surface area (TPSA) is 77.1 Å². The minimum atomic E-state index is -0.195. The van der Waals surface area contributed by atoms with E-state index in [0.29, 0.717) is 33.4 Å². The minimum Gasteiger partial charge on any atom is -0.467 e. The maximum Gasteiger partial charge on any atom is 0.262 e. The number of benzene rings is 1. The third-order valence-electron chi connectivity index (χ3n) is 3.68. The van der Waals surface area contributed by atoms with Crippen molar-refractivity contribution in [3.63, 3.8) is 0 Å². The van der Waals surface area contributed by atoms with Crippen LogP contribution in [0.4, 0.5) is 0 Å². The lowest BCUT2D eigenvalue weighted by Gasteiger charge is -2.12. The van der Waals surface area contributed by atoms with E-state index in [2.05, 4.69) is 10.3 Å². The molecule has 3 aromatic rings. The van der Waals surface area contributed by atoms with E-state index in [4.69, 9.17) is 16.0 Å². The van der Waals surface area contributed by atoms with Gasteiger partial charge < -0.3 is 9.73 Å². The maximum atomic E-state index is 12.9. The van der Waals surface area contributed by atoms with Gasteiger partial charge in [-0.05, 0) is 36.8 Å². The predicted molar refractivity (Wildman–Crippen MR) is 103 cm³/mol. The monoisotopic (exact) mass is 391 g/mol. The molecular formula is C18H18ClN3O3S. The van der Waals surface area contributed by atoms with E-state index in [1.807, 2.05) is 6.92 Å². The highest BCUT2D eigenvalue weighted by Crippen LogP contribution is 2.21. The van der Waals surface area contributed by atoms with Gasteiger partial charge in [0.2, 0.25) is 5.91 Å². The van der Waals surface area contributed by atoms with Gasteiger partial charge in [0.1, 0.15) is 5.76 Å². The second-order valence-electron chi connectivity index (χ2n) is 5.67. The Labute approximate surface area is 159 Å². The van der Waals surface area contributed by atoms with Crippen LogP contribution < -0.4 is 10.9 Å². The predicted octanol–water partition coefficient (Wildman–Crippen LogP) is 3.31. The van der Waals surface area contributed by atoms with Crippen LogP contribution >= 0.6 is 23.4 Å². The van der Waals surface area contributed by atoms with Crippen LogP contribution in [0, 0.1) is 0 Å². The fourth-order valence-corrected chi connectivity index (χ4v) is 3.42. The van der Waals surface area contributed by atoms with Crippen LogP contribution in [0.2, 0.25) is 5.02 Å².